The quantitative estimate of drug-likeness (QED) is 0.493. The molecular weight excluding hydrogens is 209 g/mol. The van der Waals surface area contributed by atoms with E-state index in [1.54, 1.807) is 12.1 Å². The number of aryl methyl sites for hydroxylation is 1. The summed E-state index contributed by atoms with van der Waals surface area (Å²) in [5, 5.41) is 10.4. The van der Waals surface area contributed by atoms with Crippen molar-refractivity contribution in [3.05, 3.63) is 29.7 Å². The van der Waals surface area contributed by atoms with Gasteiger partial charge in [-0.2, -0.15) is 0 Å². The van der Waals surface area contributed by atoms with E-state index in [1.807, 2.05) is 13.0 Å². The van der Waals surface area contributed by atoms with Crippen LogP contribution in [0.1, 0.15) is 16.2 Å². The molecule has 2 rings (SSSR count). The van der Waals surface area contributed by atoms with Crippen LogP contribution in [0.3, 0.4) is 0 Å². The van der Waals surface area contributed by atoms with Crippen LogP contribution in [0.15, 0.2) is 22.6 Å². The van der Waals surface area contributed by atoms with E-state index in [2.05, 4.69) is 4.98 Å². The molecule has 0 aliphatic rings. The van der Waals surface area contributed by atoms with Crippen molar-refractivity contribution in [1.29, 1.82) is 0 Å². The van der Waals surface area contributed by atoms with Crippen molar-refractivity contribution in [3.63, 3.8) is 0 Å². The third-order valence-corrected chi connectivity index (χ3v) is 1.80. The molecule has 0 atom stereocenters. The van der Waals surface area contributed by atoms with Gasteiger partial charge < -0.3 is 14.3 Å². The van der Waals surface area contributed by atoms with Crippen molar-refractivity contribution >= 4 is 17.1 Å². The standard InChI is InChI=1S/C9H7NO3.K/c1-5-3-2-4-6-7(5)10-8(13-6)9(11)12;/h2-4H,1H3,(H,11,12);/q;+1/p-1. The van der Waals surface area contributed by atoms with Gasteiger partial charge in [0.05, 0.1) is 0 Å². The van der Waals surface area contributed by atoms with E-state index < -0.39 is 5.97 Å². The molecule has 0 fully saturated rings. The molecule has 0 aliphatic heterocycles. The molecule has 1 aromatic carbocycles. The molecule has 1 aromatic heterocycles. The molecular formula is C9H6KNO3. The van der Waals surface area contributed by atoms with Crippen molar-refractivity contribution < 1.29 is 65.7 Å². The summed E-state index contributed by atoms with van der Waals surface area (Å²) in [5.41, 5.74) is 1.93. The second-order valence-electron chi connectivity index (χ2n) is 2.73. The van der Waals surface area contributed by atoms with Crippen LogP contribution in [0.5, 0.6) is 0 Å². The summed E-state index contributed by atoms with van der Waals surface area (Å²) >= 11 is 0. The Labute approximate surface area is 123 Å². The van der Waals surface area contributed by atoms with Gasteiger partial charge in [0, 0.05) is 0 Å². The molecule has 0 saturated carbocycles. The van der Waals surface area contributed by atoms with Crippen LogP contribution >= 0.6 is 0 Å². The molecule has 66 valence electrons. The van der Waals surface area contributed by atoms with Crippen molar-refractivity contribution in [2.45, 2.75) is 6.92 Å². The molecule has 14 heavy (non-hydrogen) atoms. The first-order valence-corrected chi connectivity index (χ1v) is 3.76. The zero-order valence-corrected chi connectivity index (χ0v) is 11.0. The first-order chi connectivity index (χ1) is 6.18. The zero-order chi connectivity index (χ0) is 9.42. The van der Waals surface area contributed by atoms with Gasteiger partial charge in [0.1, 0.15) is 11.5 Å². The summed E-state index contributed by atoms with van der Waals surface area (Å²) < 4.78 is 4.94. The number of carbonyl (C=O) groups excluding carboxylic acids is 1. The van der Waals surface area contributed by atoms with E-state index in [4.69, 9.17) is 4.42 Å². The van der Waals surface area contributed by atoms with Gasteiger partial charge in [-0.15, -0.1) is 0 Å². The van der Waals surface area contributed by atoms with Gasteiger partial charge in [0.15, 0.2) is 5.58 Å². The molecule has 2 aromatic rings. The Balaban J connectivity index is 0.000000980. The maximum absolute atomic E-state index is 10.4. The first kappa shape index (κ1) is 11.9. The monoisotopic (exact) mass is 215 g/mol. The molecule has 0 bridgehead atoms. The minimum absolute atomic E-state index is 0. The SMILES string of the molecule is Cc1cccc2oc(C(=O)[O-])nc12.[K+]. The predicted octanol–water partition coefficient (Wildman–Crippen LogP) is -2.50. The van der Waals surface area contributed by atoms with Crippen LogP contribution in [0.25, 0.3) is 11.1 Å². The number of nitrogens with zero attached hydrogens (tertiary/aromatic N) is 1. The molecule has 0 aliphatic carbocycles. The van der Waals surface area contributed by atoms with Crippen molar-refractivity contribution in [2.75, 3.05) is 0 Å². The second-order valence-corrected chi connectivity index (χ2v) is 2.73. The summed E-state index contributed by atoms with van der Waals surface area (Å²) in [4.78, 5) is 14.2. The van der Waals surface area contributed by atoms with Crippen molar-refractivity contribution in [2.24, 2.45) is 0 Å². The molecule has 4 nitrogen and oxygen atoms in total. The van der Waals surface area contributed by atoms with Gasteiger partial charge in [-0.25, -0.2) is 4.98 Å². The Bertz CT molecular complexity index is 478. The largest absolute Gasteiger partial charge is 1.00 e. The Morgan fingerprint density at radius 1 is 1.50 bits per heavy atom. The van der Waals surface area contributed by atoms with Gasteiger partial charge in [-0.1, -0.05) is 12.1 Å². The Kier molecular flexibility index (Phi) is 3.85. The van der Waals surface area contributed by atoms with Gasteiger partial charge >= 0.3 is 51.4 Å². The zero-order valence-electron chi connectivity index (χ0n) is 7.90. The number of oxazole rings is 1. The third kappa shape index (κ3) is 2.07. The summed E-state index contributed by atoms with van der Waals surface area (Å²) in [6.07, 6.45) is 0. The maximum Gasteiger partial charge on any atom is 1.00 e. The number of hydrogen-bond acceptors (Lipinski definition) is 4. The third-order valence-electron chi connectivity index (χ3n) is 1.80. The maximum atomic E-state index is 10.4. The average Bonchev–Trinajstić information content (AvgIpc) is 2.49. The summed E-state index contributed by atoms with van der Waals surface area (Å²) in [6.45, 7) is 1.84. The van der Waals surface area contributed by atoms with Crippen LogP contribution < -0.4 is 56.5 Å². The summed E-state index contributed by atoms with van der Waals surface area (Å²) in [7, 11) is 0. The van der Waals surface area contributed by atoms with Gasteiger partial charge in [-0.05, 0) is 18.6 Å². The number of rotatable bonds is 1. The number of aromatic nitrogens is 1. The van der Waals surface area contributed by atoms with E-state index in [1.165, 1.54) is 0 Å². The normalized spacial score (nSPS) is 9.79. The minimum atomic E-state index is -1.39. The number of carboxylic acids is 1. The smallest absolute Gasteiger partial charge is 0.540 e. The number of aromatic carboxylic acids is 1. The molecule has 0 radical (unpaired) electrons. The van der Waals surface area contributed by atoms with Crippen molar-refractivity contribution in [3.8, 4) is 0 Å². The van der Waals surface area contributed by atoms with Gasteiger partial charge in [0.25, 0.3) is 0 Å². The number of carbonyl (C=O) groups is 1. The fourth-order valence-electron chi connectivity index (χ4n) is 1.17. The average molecular weight is 215 g/mol. The molecule has 0 saturated heterocycles. The molecule has 0 N–H and O–H groups in total. The molecule has 0 unspecified atom stereocenters. The van der Waals surface area contributed by atoms with Crippen LogP contribution in [0.4, 0.5) is 0 Å². The topological polar surface area (TPSA) is 66.2 Å². The fourth-order valence-corrected chi connectivity index (χ4v) is 1.17. The van der Waals surface area contributed by atoms with E-state index in [0.29, 0.717) is 11.1 Å². The minimum Gasteiger partial charge on any atom is -0.540 e. The number of carboxylic acid groups (broad SMARTS) is 1. The first-order valence-electron chi connectivity index (χ1n) is 3.76. The molecule has 1 heterocycles. The summed E-state index contributed by atoms with van der Waals surface area (Å²) in [5.74, 6) is -1.76. The Morgan fingerprint density at radius 3 is 2.79 bits per heavy atom. The van der Waals surface area contributed by atoms with Crippen LogP contribution in [0, 0.1) is 6.92 Å². The number of fused-ring (bicyclic) bond motifs is 1. The van der Waals surface area contributed by atoms with Crippen LogP contribution in [-0.4, -0.2) is 11.0 Å². The molecule has 0 amide bonds. The van der Waals surface area contributed by atoms with E-state index in [0.717, 1.165) is 5.56 Å². The van der Waals surface area contributed by atoms with E-state index >= 15 is 0 Å². The van der Waals surface area contributed by atoms with Gasteiger partial charge in [0.2, 0.25) is 5.89 Å². The number of hydrogen-bond donors (Lipinski definition) is 0. The van der Waals surface area contributed by atoms with E-state index in [9.17, 15) is 9.90 Å². The number of para-hydroxylation sites is 1. The van der Waals surface area contributed by atoms with Crippen LogP contribution in [-0.2, 0) is 0 Å². The Hall–Kier alpha value is -0.204. The number of benzene rings is 1. The predicted molar refractivity (Wildman–Crippen MR) is 43.1 cm³/mol. The van der Waals surface area contributed by atoms with E-state index in [-0.39, 0.29) is 57.3 Å². The Morgan fingerprint density at radius 2 is 2.21 bits per heavy atom. The second kappa shape index (κ2) is 4.54. The molecule has 5 heteroatoms. The van der Waals surface area contributed by atoms with Crippen molar-refractivity contribution in [1.82, 2.24) is 4.98 Å². The fraction of sp³-hybridized carbons (Fsp3) is 0.111. The van der Waals surface area contributed by atoms with Gasteiger partial charge in [-0.3, -0.25) is 0 Å². The van der Waals surface area contributed by atoms with Crippen LogP contribution in [0.2, 0.25) is 0 Å². The summed E-state index contributed by atoms with van der Waals surface area (Å²) in [6, 6.07) is 5.29. The molecule has 0 spiro atoms.